The number of hydrogen-bond acceptors (Lipinski definition) is 4. The molecule has 0 unspecified atom stereocenters. The molecule has 1 saturated heterocycles. The second-order valence-electron chi connectivity index (χ2n) is 8.82. The minimum absolute atomic E-state index is 0.0690. The van der Waals surface area contributed by atoms with Crippen LogP contribution in [0.25, 0.3) is 0 Å². The topological polar surface area (TPSA) is 66.5 Å². The van der Waals surface area contributed by atoms with Gasteiger partial charge in [-0.05, 0) is 48.1 Å². The Bertz CT molecular complexity index is 1040. The van der Waals surface area contributed by atoms with Gasteiger partial charge in [0.15, 0.2) is 0 Å². The number of nitrogens with zero attached hydrogens (tertiary/aromatic N) is 1. The van der Waals surface area contributed by atoms with Gasteiger partial charge >= 0.3 is 0 Å². The highest BCUT2D eigenvalue weighted by Gasteiger charge is 2.32. The lowest BCUT2D eigenvalue weighted by Crippen LogP contribution is -2.41. The van der Waals surface area contributed by atoms with Crippen LogP contribution >= 0.6 is 11.8 Å². The Kier molecular flexibility index (Phi) is 7.62. The summed E-state index contributed by atoms with van der Waals surface area (Å²) in [6.45, 7) is 6.66. The molecule has 0 atom stereocenters. The maximum Gasteiger partial charge on any atom is 0.288 e. The Morgan fingerprint density at radius 2 is 1.66 bits per heavy atom. The van der Waals surface area contributed by atoms with Crippen molar-refractivity contribution in [2.75, 3.05) is 18.4 Å². The van der Waals surface area contributed by atoms with Crippen LogP contribution in [0, 0.1) is 5.92 Å². The summed E-state index contributed by atoms with van der Waals surface area (Å²) in [6.07, 6.45) is 0.741. The molecular formula is C23H28F2N2O3S2. The lowest BCUT2D eigenvalue weighted by Gasteiger charge is -2.31. The summed E-state index contributed by atoms with van der Waals surface area (Å²) in [7, 11) is -3.64. The molecule has 32 heavy (non-hydrogen) atoms. The molecule has 1 aliphatic heterocycles. The van der Waals surface area contributed by atoms with E-state index in [0.29, 0.717) is 35.2 Å². The number of hydrogen-bond donors (Lipinski definition) is 1. The molecule has 174 valence electrons. The van der Waals surface area contributed by atoms with E-state index < -0.39 is 15.8 Å². The third-order valence-corrected chi connectivity index (χ3v) is 8.24. The molecule has 1 heterocycles. The number of piperidine rings is 1. The average Bonchev–Trinajstić information content (AvgIpc) is 2.74. The van der Waals surface area contributed by atoms with Crippen molar-refractivity contribution in [3.05, 3.63) is 54.1 Å². The Balaban J connectivity index is 1.63. The summed E-state index contributed by atoms with van der Waals surface area (Å²) in [5.41, 5.74) is 1.33. The van der Waals surface area contributed by atoms with Crippen LogP contribution in [0.4, 0.5) is 14.5 Å². The Hall–Kier alpha value is -1.97. The fourth-order valence-corrected chi connectivity index (χ4v) is 5.70. The molecule has 3 rings (SSSR count). The predicted molar refractivity (Wildman–Crippen MR) is 124 cm³/mol. The van der Waals surface area contributed by atoms with Crippen LogP contribution in [0.5, 0.6) is 0 Å². The minimum atomic E-state index is -3.64. The molecule has 0 spiro atoms. The van der Waals surface area contributed by atoms with Crippen LogP contribution in [0.2, 0.25) is 0 Å². The number of rotatable bonds is 6. The normalized spacial score (nSPS) is 16.3. The molecule has 0 saturated carbocycles. The first-order chi connectivity index (χ1) is 15.0. The Morgan fingerprint density at radius 1 is 1.06 bits per heavy atom. The monoisotopic (exact) mass is 482 g/mol. The van der Waals surface area contributed by atoms with Crippen molar-refractivity contribution in [3.63, 3.8) is 0 Å². The standard InChI is InChI=1S/C23H28F2N2O3S2/c1-23(2,3)17-8-10-18(11-9-17)32(29,30)27-14-12-16(13-15-27)21(28)26-19-6-4-5-7-20(19)31-22(24)25/h4-11,16,22H,12-15H2,1-3H3,(H,26,28). The zero-order valence-electron chi connectivity index (χ0n) is 18.3. The third-order valence-electron chi connectivity index (χ3n) is 5.54. The van der Waals surface area contributed by atoms with Crippen LogP contribution in [0.1, 0.15) is 39.2 Å². The zero-order valence-corrected chi connectivity index (χ0v) is 20.0. The van der Waals surface area contributed by atoms with Crippen molar-refractivity contribution in [3.8, 4) is 0 Å². The molecular weight excluding hydrogens is 454 g/mol. The molecule has 1 amide bonds. The molecule has 9 heteroatoms. The summed E-state index contributed by atoms with van der Waals surface area (Å²) in [4.78, 5) is 13.2. The molecule has 1 fully saturated rings. The van der Waals surface area contributed by atoms with Crippen molar-refractivity contribution < 1.29 is 22.0 Å². The van der Waals surface area contributed by atoms with Gasteiger partial charge in [-0.15, -0.1) is 0 Å². The predicted octanol–water partition coefficient (Wildman–Crippen LogP) is 5.34. The largest absolute Gasteiger partial charge is 0.325 e. The summed E-state index contributed by atoms with van der Waals surface area (Å²) >= 11 is 0.382. The molecule has 0 aliphatic carbocycles. The lowest BCUT2D eigenvalue weighted by atomic mass is 9.87. The number of sulfonamides is 1. The fourth-order valence-electron chi connectivity index (χ4n) is 3.64. The van der Waals surface area contributed by atoms with Gasteiger partial charge in [0.2, 0.25) is 15.9 Å². The summed E-state index contributed by atoms with van der Waals surface area (Å²) < 4.78 is 52.9. The van der Waals surface area contributed by atoms with E-state index in [0.717, 1.165) is 5.56 Å². The van der Waals surface area contributed by atoms with E-state index in [1.54, 1.807) is 30.3 Å². The number of halogens is 2. The number of amides is 1. The summed E-state index contributed by atoms with van der Waals surface area (Å²) in [6, 6.07) is 13.4. The molecule has 5 nitrogen and oxygen atoms in total. The van der Waals surface area contributed by atoms with E-state index in [4.69, 9.17) is 0 Å². The number of para-hydroxylation sites is 1. The van der Waals surface area contributed by atoms with Crippen LogP contribution < -0.4 is 5.32 Å². The van der Waals surface area contributed by atoms with Gasteiger partial charge in [0, 0.05) is 23.9 Å². The first kappa shape index (κ1) is 24.7. The van der Waals surface area contributed by atoms with Gasteiger partial charge in [-0.2, -0.15) is 13.1 Å². The van der Waals surface area contributed by atoms with E-state index >= 15 is 0 Å². The van der Waals surface area contributed by atoms with Gasteiger partial charge in [-0.3, -0.25) is 4.79 Å². The second kappa shape index (κ2) is 9.89. The van der Waals surface area contributed by atoms with Gasteiger partial charge in [-0.1, -0.05) is 56.8 Å². The number of anilines is 1. The van der Waals surface area contributed by atoms with Gasteiger partial charge in [0.25, 0.3) is 5.76 Å². The van der Waals surface area contributed by atoms with Gasteiger partial charge < -0.3 is 5.32 Å². The first-order valence-corrected chi connectivity index (χ1v) is 12.8. The Labute approximate surface area is 192 Å². The van der Waals surface area contributed by atoms with E-state index in [1.807, 2.05) is 12.1 Å². The number of nitrogens with one attached hydrogen (secondary N) is 1. The summed E-state index contributed by atoms with van der Waals surface area (Å²) in [5, 5.41) is 2.73. The van der Waals surface area contributed by atoms with E-state index in [2.05, 4.69) is 26.1 Å². The molecule has 2 aromatic carbocycles. The van der Waals surface area contributed by atoms with Crippen molar-refractivity contribution >= 4 is 33.4 Å². The van der Waals surface area contributed by atoms with E-state index in [1.165, 1.54) is 10.4 Å². The zero-order chi connectivity index (χ0) is 23.5. The molecule has 0 bridgehead atoms. The Morgan fingerprint density at radius 3 is 2.22 bits per heavy atom. The maximum absolute atomic E-state index is 13.0. The summed E-state index contributed by atoms with van der Waals surface area (Å²) in [5.74, 6) is -3.24. The smallest absolute Gasteiger partial charge is 0.288 e. The minimum Gasteiger partial charge on any atom is -0.325 e. The molecule has 2 aromatic rings. The number of carbonyl (C=O) groups is 1. The van der Waals surface area contributed by atoms with Crippen molar-refractivity contribution in [2.24, 2.45) is 5.92 Å². The highest BCUT2D eigenvalue weighted by molar-refractivity contribution is 7.99. The van der Waals surface area contributed by atoms with Crippen LogP contribution in [0.3, 0.4) is 0 Å². The quantitative estimate of drug-likeness (QED) is 0.565. The fraction of sp³-hybridized carbons (Fsp3) is 0.435. The van der Waals surface area contributed by atoms with Gasteiger partial charge in [0.1, 0.15) is 0 Å². The third kappa shape index (κ3) is 5.88. The molecule has 0 radical (unpaired) electrons. The van der Waals surface area contributed by atoms with Crippen LogP contribution in [0.15, 0.2) is 58.3 Å². The SMILES string of the molecule is CC(C)(C)c1ccc(S(=O)(=O)N2CCC(C(=O)Nc3ccccc3SC(F)F)CC2)cc1. The van der Waals surface area contributed by atoms with Crippen LogP contribution in [-0.4, -0.2) is 37.5 Å². The van der Waals surface area contributed by atoms with E-state index in [9.17, 15) is 22.0 Å². The molecule has 1 aliphatic rings. The van der Waals surface area contributed by atoms with E-state index in [-0.39, 0.29) is 35.2 Å². The maximum atomic E-state index is 13.0. The average molecular weight is 483 g/mol. The highest BCUT2D eigenvalue weighted by atomic mass is 32.2. The van der Waals surface area contributed by atoms with Crippen molar-refractivity contribution in [1.82, 2.24) is 4.31 Å². The second-order valence-corrected chi connectivity index (χ2v) is 11.8. The van der Waals surface area contributed by atoms with Crippen LogP contribution in [-0.2, 0) is 20.2 Å². The number of carbonyl (C=O) groups excluding carboxylic acids is 1. The number of benzene rings is 2. The number of thioether (sulfide) groups is 1. The first-order valence-electron chi connectivity index (χ1n) is 10.4. The van der Waals surface area contributed by atoms with Crippen molar-refractivity contribution in [2.45, 2.75) is 54.6 Å². The lowest BCUT2D eigenvalue weighted by molar-refractivity contribution is -0.120. The highest BCUT2D eigenvalue weighted by Crippen LogP contribution is 2.33. The van der Waals surface area contributed by atoms with Gasteiger partial charge in [-0.25, -0.2) is 8.42 Å². The number of alkyl halides is 2. The molecule has 0 aromatic heterocycles. The van der Waals surface area contributed by atoms with Crippen molar-refractivity contribution in [1.29, 1.82) is 0 Å². The van der Waals surface area contributed by atoms with Gasteiger partial charge in [0.05, 0.1) is 10.6 Å². The molecule has 1 N–H and O–H groups in total.